The molecule has 1 aromatic carbocycles. The number of hydrogen-bond acceptors (Lipinski definition) is 3. The molecule has 1 aromatic rings. The smallest absolute Gasteiger partial charge is 0.105 e. The standard InChI is InChI=1S/C15H24ClN3S/c1-10(2)19(11(3)4)8-7-18-12-5-6-13(15(17)20)14(16)9-12/h5-6,9-11,18H,7-8H2,1-4H3,(H2,17,20). The number of benzene rings is 1. The van der Waals surface area contributed by atoms with Gasteiger partial charge in [0.1, 0.15) is 4.99 Å². The molecule has 0 saturated carbocycles. The molecule has 3 N–H and O–H groups in total. The van der Waals surface area contributed by atoms with Gasteiger partial charge in [-0.05, 0) is 45.9 Å². The third kappa shape index (κ3) is 4.93. The number of thiocarbonyl (C=S) groups is 1. The molecule has 0 aliphatic rings. The minimum atomic E-state index is 0.326. The SMILES string of the molecule is CC(C)N(CCNc1ccc(C(N)=S)c(Cl)c1)C(C)C. The molecule has 0 fully saturated rings. The van der Waals surface area contributed by atoms with Gasteiger partial charge in [-0.3, -0.25) is 4.90 Å². The quantitative estimate of drug-likeness (QED) is 0.756. The summed E-state index contributed by atoms with van der Waals surface area (Å²) < 4.78 is 0. The molecule has 0 heterocycles. The van der Waals surface area contributed by atoms with Crippen molar-refractivity contribution in [1.82, 2.24) is 4.90 Å². The Bertz CT molecular complexity index is 452. The maximum atomic E-state index is 6.15. The summed E-state index contributed by atoms with van der Waals surface area (Å²) in [6.07, 6.45) is 0. The average molecular weight is 314 g/mol. The summed E-state index contributed by atoms with van der Waals surface area (Å²) in [7, 11) is 0. The molecule has 0 amide bonds. The maximum Gasteiger partial charge on any atom is 0.105 e. The van der Waals surface area contributed by atoms with Crippen molar-refractivity contribution in [2.45, 2.75) is 39.8 Å². The first kappa shape index (κ1) is 17.2. The lowest BCUT2D eigenvalue weighted by atomic mass is 10.2. The molecule has 1 rings (SSSR count). The van der Waals surface area contributed by atoms with E-state index in [2.05, 4.69) is 37.9 Å². The van der Waals surface area contributed by atoms with Crippen LogP contribution in [0.2, 0.25) is 5.02 Å². The summed E-state index contributed by atoms with van der Waals surface area (Å²) in [4.78, 5) is 2.77. The van der Waals surface area contributed by atoms with Gasteiger partial charge in [-0.25, -0.2) is 0 Å². The summed E-state index contributed by atoms with van der Waals surface area (Å²) in [5.41, 5.74) is 7.30. The fourth-order valence-electron chi connectivity index (χ4n) is 2.27. The summed E-state index contributed by atoms with van der Waals surface area (Å²) in [6.45, 7) is 10.7. The van der Waals surface area contributed by atoms with Gasteiger partial charge in [-0.15, -0.1) is 0 Å². The molecule has 5 heteroatoms. The number of nitrogens with two attached hydrogens (primary N) is 1. The zero-order chi connectivity index (χ0) is 15.3. The predicted octanol–water partition coefficient (Wildman–Crippen LogP) is 3.50. The van der Waals surface area contributed by atoms with Crippen LogP contribution in [0.25, 0.3) is 0 Å². The summed E-state index contributed by atoms with van der Waals surface area (Å²) >= 11 is 11.1. The zero-order valence-corrected chi connectivity index (χ0v) is 14.2. The molecule has 0 bridgehead atoms. The van der Waals surface area contributed by atoms with E-state index in [-0.39, 0.29) is 0 Å². The predicted molar refractivity (Wildman–Crippen MR) is 92.8 cm³/mol. The second-order valence-corrected chi connectivity index (χ2v) is 6.26. The van der Waals surface area contributed by atoms with Crippen molar-refractivity contribution in [3.63, 3.8) is 0 Å². The highest BCUT2D eigenvalue weighted by atomic mass is 35.5. The van der Waals surface area contributed by atoms with Crippen LogP contribution in [0.5, 0.6) is 0 Å². The van der Waals surface area contributed by atoms with Crippen LogP contribution >= 0.6 is 23.8 Å². The van der Waals surface area contributed by atoms with E-state index in [0.29, 0.717) is 22.1 Å². The van der Waals surface area contributed by atoms with Crippen molar-refractivity contribution in [3.8, 4) is 0 Å². The highest BCUT2D eigenvalue weighted by Gasteiger charge is 2.12. The monoisotopic (exact) mass is 313 g/mol. The Kier molecular flexibility index (Phi) is 6.72. The molecule has 0 aromatic heterocycles. The fourth-order valence-corrected chi connectivity index (χ4v) is 2.78. The summed E-state index contributed by atoms with van der Waals surface area (Å²) in [6, 6.07) is 6.76. The third-order valence-corrected chi connectivity index (χ3v) is 3.79. The molecule has 0 spiro atoms. The highest BCUT2D eigenvalue weighted by molar-refractivity contribution is 7.80. The number of nitrogens with one attached hydrogen (secondary N) is 1. The molecule has 0 aliphatic heterocycles. The molecule has 0 radical (unpaired) electrons. The van der Waals surface area contributed by atoms with Crippen molar-refractivity contribution in [2.75, 3.05) is 18.4 Å². The first-order valence-electron chi connectivity index (χ1n) is 6.92. The molecule has 0 atom stereocenters. The van der Waals surface area contributed by atoms with Crippen LogP contribution in [0.3, 0.4) is 0 Å². The number of hydrogen-bond donors (Lipinski definition) is 2. The van der Waals surface area contributed by atoms with Gasteiger partial charge < -0.3 is 11.1 Å². The lowest BCUT2D eigenvalue weighted by molar-refractivity contribution is 0.182. The maximum absolute atomic E-state index is 6.15. The highest BCUT2D eigenvalue weighted by Crippen LogP contribution is 2.20. The Hall–Kier alpha value is -0.840. The van der Waals surface area contributed by atoms with Crippen molar-refractivity contribution in [3.05, 3.63) is 28.8 Å². The third-order valence-electron chi connectivity index (χ3n) is 3.26. The molecule has 112 valence electrons. The van der Waals surface area contributed by atoms with Crippen molar-refractivity contribution < 1.29 is 0 Å². The van der Waals surface area contributed by atoms with Crippen LogP contribution in [0.4, 0.5) is 5.69 Å². The van der Waals surface area contributed by atoms with Gasteiger partial charge in [0.2, 0.25) is 0 Å². The number of anilines is 1. The summed E-state index contributed by atoms with van der Waals surface area (Å²) in [5, 5.41) is 3.97. The van der Waals surface area contributed by atoms with Gasteiger partial charge >= 0.3 is 0 Å². The molecule has 20 heavy (non-hydrogen) atoms. The zero-order valence-electron chi connectivity index (χ0n) is 12.6. The Morgan fingerprint density at radius 3 is 2.35 bits per heavy atom. The molecule has 0 aliphatic carbocycles. The number of rotatable bonds is 7. The van der Waals surface area contributed by atoms with E-state index in [1.807, 2.05) is 18.2 Å². The molecule has 3 nitrogen and oxygen atoms in total. The first-order valence-corrected chi connectivity index (χ1v) is 7.70. The van der Waals surface area contributed by atoms with E-state index < -0.39 is 0 Å². The van der Waals surface area contributed by atoms with E-state index in [4.69, 9.17) is 29.6 Å². The van der Waals surface area contributed by atoms with Gasteiger partial charge in [-0.1, -0.05) is 23.8 Å². The molecule has 0 saturated heterocycles. The van der Waals surface area contributed by atoms with Gasteiger partial charge in [-0.2, -0.15) is 0 Å². The molecular weight excluding hydrogens is 290 g/mol. The topological polar surface area (TPSA) is 41.3 Å². The second kappa shape index (κ2) is 7.81. The first-order chi connectivity index (χ1) is 9.32. The van der Waals surface area contributed by atoms with Gasteiger partial charge in [0.05, 0.1) is 5.02 Å². The Morgan fingerprint density at radius 2 is 1.90 bits per heavy atom. The van der Waals surface area contributed by atoms with E-state index in [1.165, 1.54) is 0 Å². The van der Waals surface area contributed by atoms with Crippen LogP contribution in [0.15, 0.2) is 18.2 Å². The minimum absolute atomic E-state index is 0.326. The van der Waals surface area contributed by atoms with Crippen LogP contribution in [0.1, 0.15) is 33.3 Å². The lowest BCUT2D eigenvalue weighted by Crippen LogP contribution is -2.40. The van der Waals surface area contributed by atoms with Crippen LogP contribution in [0, 0.1) is 0 Å². The van der Waals surface area contributed by atoms with E-state index >= 15 is 0 Å². The molecular formula is C15H24ClN3S. The van der Waals surface area contributed by atoms with Gasteiger partial charge in [0.15, 0.2) is 0 Å². The molecule has 0 unspecified atom stereocenters. The van der Waals surface area contributed by atoms with Crippen LogP contribution in [-0.4, -0.2) is 35.1 Å². The van der Waals surface area contributed by atoms with Crippen molar-refractivity contribution in [2.24, 2.45) is 5.73 Å². The van der Waals surface area contributed by atoms with Crippen molar-refractivity contribution in [1.29, 1.82) is 0 Å². The summed E-state index contributed by atoms with van der Waals surface area (Å²) in [5.74, 6) is 0. The van der Waals surface area contributed by atoms with E-state index in [9.17, 15) is 0 Å². The van der Waals surface area contributed by atoms with Gasteiger partial charge in [0, 0.05) is 36.4 Å². The number of halogens is 1. The van der Waals surface area contributed by atoms with Gasteiger partial charge in [0.25, 0.3) is 0 Å². The number of nitrogens with zero attached hydrogens (tertiary/aromatic N) is 1. The lowest BCUT2D eigenvalue weighted by Gasteiger charge is -2.30. The second-order valence-electron chi connectivity index (χ2n) is 5.41. The minimum Gasteiger partial charge on any atom is -0.389 e. The largest absolute Gasteiger partial charge is 0.389 e. The Morgan fingerprint density at radius 1 is 1.30 bits per heavy atom. The van der Waals surface area contributed by atoms with Crippen LogP contribution in [-0.2, 0) is 0 Å². The average Bonchev–Trinajstić information content (AvgIpc) is 2.33. The van der Waals surface area contributed by atoms with Crippen LogP contribution < -0.4 is 11.1 Å². The Labute approximate surface area is 132 Å². The fraction of sp³-hybridized carbons (Fsp3) is 0.533. The van der Waals surface area contributed by atoms with Crippen molar-refractivity contribution >= 4 is 34.5 Å². The van der Waals surface area contributed by atoms with E-state index in [1.54, 1.807) is 0 Å². The Balaban J connectivity index is 2.58. The normalized spacial score (nSPS) is 11.4. The van der Waals surface area contributed by atoms with E-state index in [0.717, 1.165) is 24.3 Å².